The molecule has 11 heteroatoms. The summed E-state index contributed by atoms with van der Waals surface area (Å²) in [5.74, 6) is -0.874. The predicted molar refractivity (Wildman–Crippen MR) is 99.3 cm³/mol. The topological polar surface area (TPSA) is 119 Å². The molecule has 2 heterocycles. The van der Waals surface area contributed by atoms with Crippen LogP contribution in [0.15, 0.2) is 34.2 Å². The summed E-state index contributed by atoms with van der Waals surface area (Å²) in [4.78, 5) is 47.4. The van der Waals surface area contributed by atoms with Gasteiger partial charge in [-0.15, -0.1) is 11.8 Å². The molecule has 0 aliphatic carbocycles. The molecule has 0 spiro atoms. The molecule has 1 N–H and O–H groups in total. The maximum absolute atomic E-state index is 12.5. The normalized spacial score (nSPS) is 18.0. The molecule has 142 valence electrons. The number of benzene rings is 1. The van der Waals surface area contributed by atoms with Crippen LogP contribution in [-0.4, -0.2) is 45.8 Å². The van der Waals surface area contributed by atoms with E-state index >= 15 is 0 Å². The highest BCUT2D eigenvalue weighted by Crippen LogP contribution is 2.50. The van der Waals surface area contributed by atoms with Crippen molar-refractivity contribution in [3.63, 3.8) is 0 Å². The first-order chi connectivity index (χ1) is 12.9. The standard InChI is InChI=1S/C16H15N3O6S2/c1-17-11(20)8-26-16-14(18-12(21)6-13(18)27-16)15(22)25-7-9-2-4-10(5-3-9)19(23)24/h2-5,13H,6-8H2,1H3,(H,17,20)/t13-/m0/s1. The number of ether oxygens (including phenoxy) is 1. The lowest BCUT2D eigenvalue weighted by molar-refractivity contribution is -0.384. The molecular weight excluding hydrogens is 394 g/mol. The van der Waals surface area contributed by atoms with Crippen molar-refractivity contribution in [2.75, 3.05) is 12.8 Å². The van der Waals surface area contributed by atoms with E-state index < -0.39 is 10.9 Å². The van der Waals surface area contributed by atoms with Gasteiger partial charge >= 0.3 is 5.97 Å². The minimum Gasteiger partial charge on any atom is -0.456 e. The number of rotatable bonds is 7. The van der Waals surface area contributed by atoms with Crippen molar-refractivity contribution in [1.29, 1.82) is 0 Å². The Morgan fingerprint density at radius 3 is 2.70 bits per heavy atom. The molecule has 0 radical (unpaired) electrons. The van der Waals surface area contributed by atoms with Gasteiger partial charge in [0.15, 0.2) is 5.70 Å². The van der Waals surface area contributed by atoms with Crippen LogP contribution >= 0.6 is 23.5 Å². The number of esters is 1. The number of carbonyl (C=O) groups is 3. The molecule has 9 nitrogen and oxygen atoms in total. The molecule has 0 aromatic heterocycles. The average molecular weight is 409 g/mol. The van der Waals surface area contributed by atoms with Gasteiger partial charge in [0.05, 0.1) is 26.7 Å². The number of β-lactam (4-membered cyclic amide) rings is 1. The van der Waals surface area contributed by atoms with Crippen molar-refractivity contribution in [3.05, 3.63) is 49.9 Å². The van der Waals surface area contributed by atoms with Gasteiger partial charge < -0.3 is 10.1 Å². The third kappa shape index (κ3) is 4.08. The van der Waals surface area contributed by atoms with E-state index in [1.807, 2.05) is 0 Å². The van der Waals surface area contributed by atoms with Crippen molar-refractivity contribution < 1.29 is 24.0 Å². The Morgan fingerprint density at radius 1 is 1.41 bits per heavy atom. The fourth-order valence-corrected chi connectivity index (χ4v) is 5.05. The zero-order valence-corrected chi connectivity index (χ0v) is 15.8. The lowest BCUT2D eigenvalue weighted by Gasteiger charge is -2.34. The molecule has 0 bridgehead atoms. The molecule has 0 saturated carbocycles. The van der Waals surface area contributed by atoms with Crippen molar-refractivity contribution in [2.45, 2.75) is 18.4 Å². The third-order valence-corrected chi connectivity index (χ3v) is 6.47. The molecule has 3 rings (SSSR count). The van der Waals surface area contributed by atoms with Crippen molar-refractivity contribution in [1.82, 2.24) is 10.2 Å². The van der Waals surface area contributed by atoms with Gasteiger partial charge in [-0.1, -0.05) is 11.8 Å². The summed E-state index contributed by atoms with van der Waals surface area (Å²) in [6, 6.07) is 5.66. The molecule has 2 aliphatic heterocycles. The van der Waals surface area contributed by atoms with Crippen LogP contribution in [0.5, 0.6) is 0 Å². The monoisotopic (exact) mass is 409 g/mol. The summed E-state index contributed by atoms with van der Waals surface area (Å²) in [6.45, 7) is -0.0783. The third-order valence-electron chi connectivity index (χ3n) is 3.91. The molecule has 1 aromatic carbocycles. The van der Waals surface area contributed by atoms with Gasteiger partial charge in [-0.25, -0.2) is 4.79 Å². The fraction of sp³-hybridized carbons (Fsp3) is 0.312. The molecule has 1 saturated heterocycles. The van der Waals surface area contributed by atoms with Crippen LogP contribution in [0, 0.1) is 10.1 Å². The van der Waals surface area contributed by atoms with E-state index in [1.165, 1.54) is 59.7 Å². The number of amides is 2. The number of hydrogen-bond acceptors (Lipinski definition) is 8. The molecule has 2 amide bonds. The van der Waals surface area contributed by atoms with E-state index in [-0.39, 0.29) is 40.9 Å². The number of nitrogens with one attached hydrogen (secondary N) is 1. The second-order valence-corrected chi connectivity index (χ2v) is 8.07. The second-order valence-electron chi connectivity index (χ2n) is 5.64. The van der Waals surface area contributed by atoms with Crippen LogP contribution in [0.2, 0.25) is 0 Å². The molecule has 1 aromatic rings. The van der Waals surface area contributed by atoms with Crippen LogP contribution in [0.1, 0.15) is 12.0 Å². The first-order valence-corrected chi connectivity index (χ1v) is 9.74. The number of nitro groups is 1. The zero-order chi connectivity index (χ0) is 19.6. The number of nitrogens with zero attached hydrogens (tertiary/aromatic N) is 2. The van der Waals surface area contributed by atoms with E-state index in [9.17, 15) is 24.5 Å². The highest BCUT2D eigenvalue weighted by atomic mass is 32.2. The maximum Gasteiger partial charge on any atom is 0.357 e. The Hall–Kier alpha value is -2.53. The van der Waals surface area contributed by atoms with Crippen LogP contribution in [0.25, 0.3) is 0 Å². The Morgan fingerprint density at radius 2 is 2.11 bits per heavy atom. The van der Waals surface area contributed by atoms with Gasteiger partial charge in [-0.3, -0.25) is 24.6 Å². The molecule has 1 fully saturated rings. The summed E-state index contributed by atoms with van der Waals surface area (Å²) in [5, 5.41) is 13.0. The molecule has 2 aliphatic rings. The fourth-order valence-electron chi connectivity index (χ4n) is 2.45. The number of thioether (sulfide) groups is 2. The van der Waals surface area contributed by atoms with Crippen LogP contribution in [0.3, 0.4) is 0 Å². The number of carbonyl (C=O) groups excluding carboxylic acids is 3. The van der Waals surface area contributed by atoms with E-state index in [0.29, 0.717) is 16.2 Å². The van der Waals surface area contributed by atoms with Crippen LogP contribution in [-0.2, 0) is 25.7 Å². The van der Waals surface area contributed by atoms with Crippen molar-refractivity contribution in [2.24, 2.45) is 0 Å². The smallest absolute Gasteiger partial charge is 0.357 e. The summed E-state index contributed by atoms with van der Waals surface area (Å²) in [5.41, 5.74) is 0.699. The number of hydrogen-bond donors (Lipinski definition) is 1. The van der Waals surface area contributed by atoms with E-state index in [1.54, 1.807) is 0 Å². The number of nitro benzene ring substituents is 1. The Labute approximate surface area is 162 Å². The number of fused-ring (bicyclic) bond motifs is 1. The lowest BCUT2D eigenvalue weighted by Crippen LogP contribution is -2.48. The average Bonchev–Trinajstić information content (AvgIpc) is 2.96. The van der Waals surface area contributed by atoms with Gasteiger partial charge in [-0.2, -0.15) is 0 Å². The summed E-state index contributed by atoms with van der Waals surface area (Å²) >= 11 is 2.56. The summed E-state index contributed by atoms with van der Waals surface area (Å²) in [7, 11) is 1.52. The largest absolute Gasteiger partial charge is 0.456 e. The quantitative estimate of drug-likeness (QED) is 0.312. The van der Waals surface area contributed by atoms with Gasteiger partial charge in [0, 0.05) is 19.2 Å². The molecular formula is C16H15N3O6S2. The van der Waals surface area contributed by atoms with Crippen LogP contribution in [0.4, 0.5) is 5.69 Å². The van der Waals surface area contributed by atoms with Crippen LogP contribution < -0.4 is 5.32 Å². The van der Waals surface area contributed by atoms with Gasteiger partial charge in [0.2, 0.25) is 11.8 Å². The minimum absolute atomic E-state index is 0.0538. The highest BCUT2D eigenvalue weighted by molar-refractivity contribution is 8.23. The maximum atomic E-state index is 12.5. The minimum atomic E-state index is -0.657. The predicted octanol–water partition coefficient (Wildman–Crippen LogP) is 1.59. The SMILES string of the molecule is CNC(=O)CSC1=C(C(=O)OCc2ccc([N+](=O)[O-])cc2)N2C(=O)C[C@@H]2S1. The molecule has 27 heavy (non-hydrogen) atoms. The summed E-state index contributed by atoms with van der Waals surface area (Å²) < 4.78 is 5.88. The van der Waals surface area contributed by atoms with Crippen molar-refractivity contribution >= 4 is 47.0 Å². The zero-order valence-electron chi connectivity index (χ0n) is 14.2. The Bertz CT molecular complexity index is 839. The van der Waals surface area contributed by atoms with Gasteiger partial charge in [-0.05, 0) is 17.7 Å². The first-order valence-electron chi connectivity index (χ1n) is 7.87. The Kier molecular flexibility index (Phi) is 5.71. The van der Waals surface area contributed by atoms with E-state index in [2.05, 4.69) is 5.32 Å². The summed E-state index contributed by atoms with van der Waals surface area (Å²) in [6.07, 6.45) is 0.341. The van der Waals surface area contributed by atoms with Gasteiger partial charge in [0.25, 0.3) is 5.69 Å². The molecule has 0 unspecified atom stereocenters. The second kappa shape index (κ2) is 8.01. The molecule has 1 atom stereocenters. The highest BCUT2D eigenvalue weighted by Gasteiger charge is 2.49. The van der Waals surface area contributed by atoms with E-state index in [4.69, 9.17) is 4.74 Å². The van der Waals surface area contributed by atoms with Gasteiger partial charge in [0.1, 0.15) is 6.61 Å². The van der Waals surface area contributed by atoms with Crippen molar-refractivity contribution in [3.8, 4) is 0 Å². The van der Waals surface area contributed by atoms with E-state index in [0.717, 1.165) is 0 Å². The number of non-ortho nitro benzene ring substituents is 1. The first kappa shape index (κ1) is 19.2. The Balaban J connectivity index is 1.68. The lowest BCUT2D eigenvalue weighted by atomic mass is 10.2.